The van der Waals surface area contributed by atoms with E-state index in [-0.39, 0.29) is 24.8 Å². The number of carbonyl (C=O) groups excluding carboxylic acids is 1. The van der Waals surface area contributed by atoms with E-state index in [1.807, 2.05) is 30.3 Å². The summed E-state index contributed by atoms with van der Waals surface area (Å²) in [4.78, 5) is 29.7. The number of ether oxygens (including phenoxy) is 1. The third kappa shape index (κ3) is 5.80. The maximum atomic E-state index is 12.7. The molecule has 0 radical (unpaired) electrons. The normalized spacial score (nSPS) is 10.5. The average molecular weight is 420 g/mol. The minimum atomic E-state index is -1.03. The largest absolute Gasteiger partial charge is 0.465 e. The van der Waals surface area contributed by atoms with E-state index in [9.17, 15) is 14.7 Å². The molecule has 0 atom stereocenters. The van der Waals surface area contributed by atoms with Gasteiger partial charge in [-0.15, -0.1) is 0 Å². The fourth-order valence-corrected chi connectivity index (χ4v) is 2.95. The van der Waals surface area contributed by atoms with E-state index < -0.39 is 6.09 Å². The Morgan fingerprint density at radius 3 is 2.42 bits per heavy atom. The Morgan fingerprint density at radius 1 is 1.06 bits per heavy atom. The van der Waals surface area contributed by atoms with Gasteiger partial charge in [-0.3, -0.25) is 4.79 Å². The highest BCUT2D eigenvalue weighted by Crippen LogP contribution is 2.23. The number of nitrogen functional groups attached to an aromatic ring is 1. The fraction of sp³-hybridized carbons (Fsp3) is 0.174. The smallest absolute Gasteiger partial charge is 0.407 e. The zero-order valence-corrected chi connectivity index (χ0v) is 17.1. The van der Waals surface area contributed by atoms with E-state index in [0.29, 0.717) is 23.6 Å². The number of carbonyl (C=O) groups is 2. The summed E-state index contributed by atoms with van der Waals surface area (Å²) in [7, 11) is 1.52. The fourth-order valence-electron chi connectivity index (χ4n) is 2.95. The van der Waals surface area contributed by atoms with Gasteiger partial charge in [-0.2, -0.15) is 0 Å². The zero-order chi connectivity index (χ0) is 22.2. The number of carboxylic acid groups (broad SMARTS) is 1. The molecular formula is C23H24N4O4. The molecule has 2 amide bonds. The third-order valence-corrected chi connectivity index (χ3v) is 4.65. The highest BCUT2D eigenvalue weighted by atomic mass is 16.5. The summed E-state index contributed by atoms with van der Waals surface area (Å²) >= 11 is 0. The van der Waals surface area contributed by atoms with Gasteiger partial charge in [-0.1, -0.05) is 42.5 Å². The molecule has 4 N–H and O–H groups in total. The van der Waals surface area contributed by atoms with Crippen LogP contribution in [0, 0.1) is 0 Å². The summed E-state index contributed by atoms with van der Waals surface area (Å²) in [5.74, 6) is -0.0718. The standard InChI is InChI=1S/C23H24N4O4/c1-31-14-13-27(23(29)30)15-16-7-9-18(10-8-16)22(28)26-21-19(24)11-12-20(25-21)17-5-3-2-4-6-17/h2-12H,13-15,24H2,1H3,(H,29,30)(H,25,26,28). The highest BCUT2D eigenvalue weighted by Gasteiger charge is 2.14. The number of pyridine rings is 1. The van der Waals surface area contributed by atoms with Gasteiger partial charge in [-0.05, 0) is 29.8 Å². The number of aromatic nitrogens is 1. The first-order valence-corrected chi connectivity index (χ1v) is 9.67. The van der Waals surface area contributed by atoms with Gasteiger partial charge in [0.15, 0.2) is 5.82 Å². The van der Waals surface area contributed by atoms with Crippen LogP contribution in [0.15, 0.2) is 66.7 Å². The number of nitrogens with two attached hydrogens (primary N) is 1. The predicted octanol–water partition coefficient (Wildman–Crippen LogP) is 3.71. The van der Waals surface area contributed by atoms with Crippen molar-refractivity contribution in [1.82, 2.24) is 9.88 Å². The Kier molecular flexibility index (Phi) is 7.18. The monoisotopic (exact) mass is 420 g/mol. The molecule has 3 rings (SSSR count). The molecule has 0 aliphatic rings. The molecule has 0 fully saturated rings. The maximum absolute atomic E-state index is 12.7. The molecule has 3 aromatic rings. The van der Waals surface area contributed by atoms with Crippen molar-refractivity contribution in [1.29, 1.82) is 0 Å². The van der Waals surface area contributed by atoms with Gasteiger partial charge in [0.2, 0.25) is 0 Å². The first-order valence-electron chi connectivity index (χ1n) is 9.67. The molecule has 8 nitrogen and oxygen atoms in total. The van der Waals surface area contributed by atoms with Gasteiger partial charge in [0, 0.05) is 31.3 Å². The molecule has 0 saturated carbocycles. The molecular weight excluding hydrogens is 396 g/mol. The Morgan fingerprint density at radius 2 is 1.77 bits per heavy atom. The summed E-state index contributed by atoms with van der Waals surface area (Å²) < 4.78 is 4.94. The van der Waals surface area contributed by atoms with Crippen LogP contribution in [0.5, 0.6) is 0 Å². The molecule has 1 aromatic heterocycles. The number of benzene rings is 2. The minimum absolute atomic E-state index is 0.203. The lowest BCUT2D eigenvalue weighted by Crippen LogP contribution is -2.32. The number of nitrogens with one attached hydrogen (secondary N) is 1. The molecule has 0 aliphatic carbocycles. The van der Waals surface area contributed by atoms with E-state index >= 15 is 0 Å². The van der Waals surface area contributed by atoms with E-state index in [1.54, 1.807) is 36.4 Å². The van der Waals surface area contributed by atoms with Crippen LogP contribution < -0.4 is 11.1 Å². The van der Waals surface area contributed by atoms with Crippen molar-refractivity contribution in [3.8, 4) is 11.3 Å². The van der Waals surface area contributed by atoms with Crippen molar-refractivity contribution in [2.24, 2.45) is 0 Å². The van der Waals surface area contributed by atoms with E-state index in [2.05, 4.69) is 10.3 Å². The maximum Gasteiger partial charge on any atom is 0.407 e. The molecule has 1 heterocycles. The van der Waals surface area contributed by atoms with Crippen LogP contribution in [0.3, 0.4) is 0 Å². The van der Waals surface area contributed by atoms with Crippen LogP contribution in [0.4, 0.5) is 16.3 Å². The van der Waals surface area contributed by atoms with E-state index in [4.69, 9.17) is 10.5 Å². The number of methoxy groups -OCH3 is 1. The van der Waals surface area contributed by atoms with Crippen LogP contribution >= 0.6 is 0 Å². The van der Waals surface area contributed by atoms with Crippen LogP contribution in [0.2, 0.25) is 0 Å². The average Bonchev–Trinajstić information content (AvgIpc) is 2.79. The Bertz CT molecular complexity index is 1040. The highest BCUT2D eigenvalue weighted by molar-refractivity contribution is 6.05. The minimum Gasteiger partial charge on any atom is -0.465 e. The summed E-state index contributed by atoms with van der Waals surface area (Å²) in [5, 5.41) is 12.0. The lowest BCUT2D eigenvalue weighted by Gasteiger charge is -2.18. The molecule has 0 spiro atoms. The number of hydrogen-bond acceptors (Lipinski definition) is 5. The number of amides is 2. The van der Waals surface area contributed by atoms with Crippen molar-refractivity contribution < 1.29 is 19.4 Å². The van der Waals surface area contributed by atoms with Crippen molar-refractivity contribution in [2.45, 2.75) is 6.54 Å². The molecule has 31 heavy (non-hydrogen) atoms. The van der Waals surface area contributed by atoms with Gasteiger partial charge < -0.3 is 25.8 Å². The third-order valence-electron chi connectivity index (χ3n) is 4.65. The number of anilines is 2. The number of hydrogen-bond donors (Lipinski definition) is 3. The zero-order valence-electron chi connectivity index (χ0n) is 17.1. The molecule has 0 saturated heterocycles. The second kappa shape index (κ2) is 10.2. The molecule has 8 heteroatoms. The van der Waals surface area contributed by atoms with Crippen LogP contribution in [-0.2, 0) is 11.3 Å². The van der Waals surface area contributed by atoms with Crippen LogP contribution in [-0.4, -0.2) is 47.3 Å². The molecule has 2 aromatic carbocycles. The lowest BCUT2D eigenvalue weighted by molar-refractivity contribution is 0.102. The number of rotatable bonds is 8. The van der Waals surface area contributed by atoms with Crippen LogP contribution in [0.25, 0.3) is 11.3 Å². The van der Waals surface area contributed by atoms with E-state index in [1.165, 1.54) is 12.0 Å². The molecule has 0 unspecified atom stereocenters. The second-order valence-corrected chi connectivity index (χ2v) is 6.85. The Labute approximate surface area is 180 Å². The van der Waals surface area contributed by atoms with Crippen molar-refractivity contribution in [3.63, 3.8) is 0 Å². The van der Waals surface area contributed by atoms with Gasteiger partial charge >= 0.3 is 6.09 Å². The van der Waals surface area contributed by atoms with Gasteiger partial charge in [-0.25, -0.2) is 9.78 Å². The molecule has 0 aliphatic heterocycles. The van der Waals surface area contributed by atoms with Gasteiger partial charge in [0.1, 0.15) is 0 Å². The Balaban J connectivity index is 1.70. The first kappa shape index (κ1) is 21.8. The van der Waals surface area contributed by atoms with Gasteiger partial charge in [0.25, 0.3) is 5.91 Å². The topological polar surface area (TPSA) is 118 Å². The quantitative estimate of drug-likeness (QED) is 0.511. The van der Waals surface area contributed by atoms with Crippen molar-refractivity contribution in [3.05, 3.63) is 77.9 Å². The predicted molar refractivity (Wildman–Crippen MR) is 119 cm³/mol. The van der Waals surface area contributed by atoms with Gasteiger partial charge in [0.05, 0.1) is 18.0 Å². The SMILES string of the molecule is COCCN(Cc1ccc(C(=O)Nc2nc(-c3ccccc3)ccc2N)cc1)C(=O)O. The summed E-state index contributed by atoms with van der Waals surface area (Å²) in [5.41, 5.74) is 9.14. The van der Waals surface area contributed by atoms with Crippen LogP contribution in [0.1, 0.15) is 15.9 Å². The molecule has 160 valence electrons. The van der Waals surface area contributed by atoms with Crippen molar-refractivity contribution in [2.75, 3.05) is 31.3 Å². The second-order valence-electron chi connectivity index (χ2n) is 6.85. The first-order chi connectivity index (χ1) is 15.0. The summed E-state index contributed by atoms with van der Waals surface area (Å²) in [6.45, 7) is 0.772. The molecule has 0 bridgehead atoms. The van der Waals surface area contributed by atoms with E-state index in [0.717, 1.165) is 11.1 Å². The van der Waals surface area contributed by atoms with Crippen molar-refractivity contribution >= 4 is 23.5 Å². The Hall–Kier alpha value is -3.91. The lowest BCUT2D eigenvalue weighted by atomic mass is 10.1. The number of nitrogens with zero attached hydrogens (tertiary/aromatic N) is 2. The summed E-state index contributed by atoms with van der Waals surface area (Å²) in [6.07, 6.45) is -1.03. The summed E-state index contributed by atoms with van der Waals surface area (Å²) in [6, 6.07) is 19.8.